The third-order valence-electron chi connectivity index (χ3n) is 7.29. The van der Waals surface area contributed by atoms with Gasteiger partial charge in [0.2, 0.25) is 0 Å². The number of nitrogens with zero attached hydrogens (tertiary/aromatic N) is 2. The average molecular weight is 449 g/mol. The quantitative estimate of drug-likeness (QED) is 0.272. The molecular weight excluding hydrogens is 416 g/mol. The predicted molar refractivity (Wildman–Crippen MR) is 143 cm³/mol. The van der Waals surface area contributed by atoms with Crippen molar-refractivity contribution in [3.63, 3.8) is 0 Å². The number of benzene rings is 4. The lowest BCUT2D eigenvalue weighted by atomic mass is 10.1. The molecule has 0 saturated carbocycles. The van der Waals surface area contributed by atoms with Gasteiger partial charge in [0.05, 0.1) is 5.52 Å². The van der Waals surface area contributed by atoms with Gasteiger partial charge in [-0.2, -0.15) is 0 Å². The van der Waals surface area contributed by atoms with Crippen molar-refractivity contribution in [1.82, 2.24) is 9.47 Å². The van der Waals surface area contributed by atoms with E-state index in [0.717, 1.165) is 25.4 Å². The Labute approximate surface area is 201 Å². The van der Waals surface area contributed by atoms with Crippen molar-refractivity contribution in [3.8, 4) is 5.75 Å². The van der Waals surface area contributed by atoms with E-state index in [-0.39, 0.29) is 0 Å². The molecule has 1 aliphatic rings. The molecule has 1 saturated heterocycles. The first-order valence-corrected chi connectivity index (χ1v) is 12.7. The van der Waals surface area contributed by atoms with Crippen molar-refractivity contribution in [2.24, 2.45) is 0 Å². The summed E-state index contributed by atoms with van der Waals surface area (Å²) in [5, 5.41) is 5.23. The number of likely N-dealkylation sites (tertiary alicyclic amines) is 1. The van der Waals surface area contributed by atoms with Crippen LogP contribution in [0.4, 0.5) is 0 Å². The van der Waals surface area contributed by atoms with Crippen LogP contribution in [0.3, 0.4) is 0 Å². The molecule has 34 heavy (non-hydrogen) atoms. The van der Waals surface area contributed by atoms with Gasteiger partial charge in [-0.25, -0.2) is 0 Å². The molecular formula is C31H32N2O. The first kappa shape index (κ1) is 21.2. The minimum atomic E-state index is 0.762. The zero-order chi connectivity index (χ0) is 22.7. The van der Waals surface area contributed by atoms with Crippen molar-refractivity contribution < 1.29 is 4.74 Å². The van der Waals surface area contributed by atoms with Gasteiger partial charge >= 0.3 is 0 Å². The van der Waals surface area contributed by atoms with Crippen LogP contribution in [0.1, 0.15) is 31.2 Å². The van der Waals surface area contributed by atoms with Crippen LogP contribution in [0, 0.1) is 0 Å². The number of para-hydroxylation sites is 1. The SMILES string of the molecule is c1ccc2c(c1)ccc1c3ccccc3n(Cc3ccc(OCCN4CCCCCC4)cc3)c21. The topological polar surface area (TPSA) is 17.4 Å². The highest BCUT2D eigenvalue weighted by molar-refractivity contribution is 6.17. The van der Waals surface area contributed by atoms with E-state index in [1.807, 2.05) is 0 Å². The van der Waals surface area contributed by atoms with Crippen LogP contribution in [0.2, 0.25) is 0 Å². The van der Waals surface area contributed by atoms with E-state index in [9.17, 15) is 0 Å². The Kier molecular flexibility index (Phi) is 5.95. The van der Waals surface area contributed by atoms with Crippen LogP contribution >= 0.6 is 0 Å². The van der Waals surface area contributed by atoms with E-state index in [4.69, 9.17) is 4.74 Å². The maximum Gasteiger partial charge on any atom is 0.119 e. The highest BCUT2D eigenvalue weighted by Crippen LogP contribution is 2.34. The minimum absolute atomic E-state index is 0.762. The third kappa shape index (κ3) is 4.17. The van der Waals surface area contributed by atoms with Gasteiger partial charge in [-0.3, -0.25) is 4.90 Å². The van der Waals surface area contributed by atoms with E-state index in [2.05, 4.69) is 94.4 Å². The summed E-state index contributed by atoms with van der Waals surface area (Å²) in [5.74, 6) is 0.964. The molecule has 3 heteroatoms. The molecule has 0 aliphatic carbocycles. The average Bonchev–Trinajstić information content (AvgIpc) is 3.01. The zero-order valence-electron chi connectivity index (χ0n) is 19.7. The molecule has 0 spiro atoms. The second-order valence-corrected chi connectivity index (χ2v) is 9.53. The summed E-state index contributed by atoms with van der Waals surface area (Å²) in [6, 6.07) is 30.7. The number of ether oxygens (including phenoxy) is 1. The van der Waals surface area contributed by atoms with Gasteiger partial charge in [-0.05, 0) is 55.1 Å². The van der Waals surface area contributed by atoms with Crippen LogP contribution in [0.25, 0.3) is 32.6 Å². The summed E-state index contributed by atoms with van der Waals surface area (Å²) in [5.41, 5.74) is 3.89. The summed E-state index contributed by atoms with van der Waals surface area (Å²) >= 11 is 0. The number of hydrogen-bond donors (Lipinski definition) is 0. The van der Waals surface area contributed by atoms with E-state index in [0.29, 0.717) is 0 Å². The normalized spacial score (nSPS) is 15.2. The monoisotopic (exact) mass is 448 g/mol. The van der Waals surface area contributed by atoms with Crippen LogP contribution < -0.4 is 4.74 Å². The number of rotatable bonds is 6. The second kappa shape index (κ2) is 9.52. The number of fused-ring (bicyclic) bond motifs is 5. The lowest BCUT2D eigenvalue weighted by Gasteiger charge is -2.19. The van der Waals surface area contributed by atoms with Gasteiger partial charge in [0.15, 0.2) is 0 Å². The highest BCUT2D eigenvalue weighted by atomic mass is 16.5. The first-order chi connectivity index (χ1) is 16.9. The van der Waals surface area contributed by atoms with Crippen molar-refractivity contribution in [2.75, 3.05) is 26.2 Å². The molecule has 172 valence electrons. The Morgan fingerprint density at radius 2 is 1.38 bits per heavy atom. The molecule has 0 amide bonds. The molecule has 0 unspecified atom stereocenters. The molecule has 0 N–H and O–H groups in total. The second-order valence-electron chi connectivity index (χ2n) is 9.53. The molecule has 3 nitrogen and oxygen atoms in total. The summed E-state index contributed by atoms with van der Waals surface area (Å²) in [7, 11) is 0. The molecule has 1 aromatic heterocycles. The first-order valence-electron chi connectivity index (χ1n) is 12.7. The van der Waals surface area contributed by atoms with Crippen LogP contribution in [-0.4, -0.2) is 35.7 Å². The molecule has 4 aromatic carbocycles. The molecule has 6 rings (SSSR count). The number of hydrogen-bond acceptors (Lipinski definition) is 2. The maximum absolute atomic E-state index is 6.09. The fourth-order valence-electron chi connectivity index (χ4n) is 5.51. The lowest BCUT2D eigenvalue weighted by Crippen LogP contribution is -2.29. The Morgan fingerprint density at radius 3 is 2.21 bits per heavy atom. The van der Waals surface area contributed by atoms with Crippen LogP contribution in [0.15, 0.2) is 84.9 Å². The van der Waals surface area contributed by atoms with E-state index in [1.165, 1.54) is 76.9 Å². The maximum atomic E-state index is 6.09. The van der Waals surface area contributed by atoms with Gasteiger partial charge in [0.25, 0.3) is 0 Å². The molecule has 1 aliphatic heterocycles. The van der Waals surface area contributed by atoms with Gasteiger partial charge < -0.3 is 9.30 Å². The Balaban J connectivity index is 1.25. The molecule has 0 radical (unpaired) electrons. The van der Waals surface area contributed by atoms with Gasteiger partial charge in [-0.1, -0.05) is 79.6 Å². The molecule has 2 heterocycles. The Morgan fingerprint density at radius 1 is 0.647 bits per heavy atom. The molecule has 0 bridgehead atoms. The Hall–Kier alpha value is -3.30. The third-order valence-corrected chi connectivity index (χ3v) is 7.29. The summed E-state index contributed by atoms with van der Waals surface area (Å²) in [6.45, 7) is 5.06. The van der Waals surface area contributed by atoms with Gasteiger partial charge in [0, 0.05) is 34.8 Å². The fourth-order valence-corrected chi connectivity index (χ4v) is 5.51. The van der Waals surface area contributed by atoms with Crippen molar-refractivity contribution in [2.45, 2.75) is 32.2 Å². The largest absolute Gasteiger partial charge is 0.492 e. The van der Waals surface area contributed by atoms with Gasteiger partial charge in [-0.15, -0.1) is 0 Å². The molecule has 1 fully saturated rings. The summed E-state index contributed by atoms with van der Waals surface area (Å²) in [4.78, 5) is 2.55. The van der Waals surface area contributed by atoms with Crippen molar-refractivity contribution in [3.05, 3.63) is 90.5 Å². The van der Waals surface area contributed by atoms with E-state index in [1.54, 1.807) is 0 Å². The molecule has 0 atom stereocenters. The highest BCUT2D eigenvalue weighted by Gasteiger charge is 2.14. The summed E-state index contributed by atoms with van der Waals surface area (Å²) in [6.07, 6.45) is 5.40. The smallest absolute Gasteiger partial charge is 0.119 e. The van der Waals surface area contributed by atoms with Crippen molar-refractivity contribution >= 4 is 32.6 Å². The van der Waals surface area contributed by atoms with E-state index < -0.39 is 0 Å². The van der Waals surface area contributed by atoms with Crippen LogP contribution in [0.5, 0.6) is 5.75 Å². The van der Waals surface area contributed by atoms with Crippen molar-refractivity contribution in [1.29, 1.82) is 0 Å². The lowest BCUT2D eigenvalue weighted by molar-refractivity contribution is 0.214. The fraction of sp³-hybridized carbons (Fsp3) is 0.290. The van der Waals surface area contributed by atoms with Crippen LogP contribution in [-0.2, 0) is 6.54 Å². The van der Waals surface area contributed by atoms with Gasteiger partial charge in [0.1, 0.15) is 12.4 Å². The standard InChI is InChI=1S/C31H32N2O/c1-2-8-20-32(19-7-1)21-22-34-26-16-13-24(14-17-26)23-33-30-12-6-5-11-28(30)29-18-15-25-9-3-4-10-27(25)31(29)33/h3-6,9-18H,1-2,7-8,19-23H2. The number of aromatic nitrogens is 1. The van der Waals surface area contributed by atoms with E-state index >= 15 is 0 Å². The predicted octanol–water partition coefficient (Wildman–Crippen LogP) is 7.25. The summed E-state index contributed by atoms with van der Waals surface area (Å²) < 4.78 is 8.56. The molecule has 5 aromatic rings. The zero-order valence-corrected chi connectivity index (χ0v) is 19.7. The minimum Gasteiger partial charge on any atom is -0.492 e. The Bertz CT molecular complexity index is 1410.